The molecule has 1 aromatic carbocycles. The lowest BCUT2D eigenvalue weighted by atomic mass is 10.1. The van der Waals surface area contributed by atoms with Crippen LogP contribution in [0.25, 0.3) is 0 Å². The molecule has 0 amide bonds. The van der Waals surface area contributed by atoms with Crippen molar-refractivity contribution in [1.29, 1.82) is 0 Å². The van der Waals surface area contributed by atoms with Crippen LogP contribution < -0.4 is 15.4 Å². The molecule has 1 saturated heterocycles. The van der Waals surface area contributed by atoms with Crippen molar-refractivity contribution >= 4 is 39.8 Å². The molecule has 0 radical (unpaired) electrons. The third kappa shape index (κ3) is 7.81. The van der Waals surface area contributed by atoms with Crippen molar-refractivity contribution in [2.75, 3.05) is 31.7 Å². The maximum absolute atomic E-state index is 11.5. The Morgan fingerprint density at radius 1 is 1.32 bits per heavy atom. The number of hydrogen-bond donors (Lipinski definition) is 2. The van der Waals surface area contributed by atoms with Crippen LogP contribution in [0.15, 0.2) is 29.3 Å². The number of benzene rings is 1. The lowest BCUT2D eigenvalue weighted by Crippen LogP contribution is -2.44. The van der Waals surface area contributed by atoms with Crippen LogP contribution in [0.4, 0.5) is 0 Å². The van der Waals surface area contributed by atoms with E-state index in [0.717, 1.165) is 25.1 Å². The highest BCUT2D eigenvalue weighted by Crippen LogP contribution is 2.13. The normalized spacial score (nSPS) is 19.1. The largest absolute Gasteiger partial charge is 0.497 e. The summed E-state index contributed by atoms with van der Waals surface area (Å²) in [6.45, 7) is 3.45. The number of sulfone groups is 1. The summed E-state index contributed by atoms with van der Waals surface area (Å²) in [5, 5.41) is 6.41. The Bertz CT molecular complexity index is 648. The monoisotopic (exact) mass is 481 g/mol. The quantitative estimate of drug-likeness (QED) is 0.270. The van der Waals surface area contributed by atoms with Gasteiger partial charge in [-0.05, 0) is 43.9 Å². The first-order valence-electron chi connectivity index (χ1n) is 8.40. The Hall–Kier alpha value is -1.03. The van der Waals surface area contributed by atoms with Gasteiger partial charge in [-0.2, -0.15) is 0 Å². The lowest BCUT2D eigenvalue weighted by molar-refractivity contribution is 0.414. The van der Waals surface area contributed by atoms with Gasteiger partial charge in [0.1, 0.15) is 5.75 Å². The molecule has 2 N–H and O–H groups in total. The highest BCUT2D eigenvalue weighted by molar-refractivity contribution is 14.0. The summed E-state index contributed by atoms with van der Waals surface area (Å²) in [6, 6.07) is 8.02. The number of methoxy groups -OCH3 is 1. The fourth-order valence-electron chi connectivity index (χ4n) is 2.69. The first-order chi connectivity index (χ1) is 11.5. The van der Waals surface area contributed by atoms with Crippen molar-refractivity contribution in [3.05, 3.63) is 29.8 Å². The molecule has 2 rings (SSSR count). The summed E-state index contributed by atoms with van der Waals surface area (Å²) in [4.78, 5) is 4.55. The van der Waals surface area contributed by atoms with Gasteiger partial charge < -0.3 is 15.4 Å². The summed E-state index contributed by atoms with van der Waals surface area (Å²) >= 11 is 0. The zero-order chi connectivity index (χ0) is 17.4. The number of ether oxygens (including phenoxy) is 1. The number of nitrogens with one attached hydrogen (secondary N) is 2. The van der Waals surface area contributed by atoms with Gasteiger partial charge >= 0.3 is 0 Å². The van der Waals surface area contributed by atoms with Crippen molar-refractivity contribution in [2.45, 2.75) is 32.2 Å². The Balaban J connectivity index is 0.00000312. The minimum absolute atomic E-state index is 0. The Morgan fingerprint density at radius 2 is 2.04 bits per heavy atom. The minimum Gasteiger partial charge on any atom is -0.497 e. The Labute approximate surface area is 167 Å². The van der Waals surface area contributed by atoms with Crippen LogP contribution in [0.3, 0.4) is 0 Å². The van der Waals surface area contributed by atoms with Crippen molar-refractivity contribution < 1.29 is 13.2 Å². The number of rotatable bonds is 7. The average Bonchev–Trinajstić information content (AvgIpc) is 2.91. The molecule has 1 aliphatic heterocycles. The second-order valence-corrected chi connectivity index (χ2v) is 8.19. The zero-order valence-electron chi connectivity index (χ0n) is 14.8. The summed E-state index contributed by atoms with van der Waals surface area (Å²) in [7, 11) is -1.22. The topological polar surface area (TPSA) is 79.8 Å². The van der Waals surface area contributed by atoms with Crippen molar-refractivity contribution in [3.63, 3.8) is 0 Å². The summed E-state index contributed by atoms with van der Waals surface area (Å²) in [6.07, 6.45) is 2.54. The van der Waals surface area contributed by atoms with E-state index in [1.807, 2.05) is 19.1 Å². The highest BCUT2D eigenvalue weighted by Gasteiger charge is 2.28. The first-order valence-corrected chi connectivity index (χ1v) is 10.2. The molecule has 1 fully saturated rings. The highest BCUT2D eigenvalue weighted by atomic mass is 127. The number of hydrogen-bond acceptors (Lipinski definition) is 4. The van der Waals surface area contributed by atoms with Crippen LogP contribution in [0, 0.1) is 0 Å². The molecule has 6 nitrogen and oxygen atoms in total. The van der Waals surface area contributed by atoms with Crippen LogP contribution in [0.5, 0.6) is 5.75 Å². The summed E-state index contributed by atoms with van der Waals surface area (Å²) < 4.78 is 28.2. The number of aliphatic imine (C=N–C) groups is 1. The molecule has 1 aliphatic rings. The molecule has 8 heteroatoms. The lowest BCUT2D eigenvalue weighted by Gasteiger charge is -2.15. The van der Waals surface area contributed by atoms with E-state index < -0.39 is 9.84 Å². The molecule has 0 saturated carbocycles. The number of guanidine groups is 1. The summed E-state index contributed by atoms with van der Waals surface area (Å²) in [5.41, 5.74) is 1.26. The fraction of sp³-hybridized carbons (Fsp3) is 0.588. The minimum atomic E-state index is -2.88. The van der Waals surface area contributed by atoms with Gasteiger partial charge in [-0.1, -0.05) is 12.1 Å². The predicted octanol–water partition coefficient (Wildman–Crippen LogP) is 1.99. The molecule has 1 aromatic rings. The molecule has 142 valence electrons. The number of nitrogens with zero attached hydrogens (tertiary/aromatic N) is 1. The predicted molar refractivity (Wildman–Crippen MR) is 113 cm³/mol. The molecule has 0 spiro atoms. The first kappa shape index (κ1) is 22.0. The second kappa shape index (κ2) is 10.8. The average molecular weight is 481 g/mol. The molecule has 1 atom stereocenters. The van der Waals surface area contributed by atoms with Crippen LogP contribution >= 0.6 is 24.0 Å². The van der Waals surface area contributed by atoms with Crippen LogP contribution in [0.2, 0.25) is 0 Å². The van der Waals surface area contributed by atoms with Gasteiger partial charge in [-0.25, -0.2) is 8.42 Å². The molecule has 0 bridgehead atoms. The van der Waals surface area contributed by atoms with E-state index in [2.05, 4.69) is 27.8 Å². The van der Waals surface area contributed by atoms with Crippen LogP contribution in [-0.2, 0) is 16.3 Å². The van der Waals surface area contributed by atoms with E-state index in [0.29, 0.717) is 18.9 Å². The third-order valence-electron chi connectivity index (χ3n) is 3.97. The van der Waals surface area contributed by atoms with E-state index >= 15 is 0 Å². The van der Waals surface area contributed by atoms with Gasteiger partial charge in [0.15, 0.2) is 15.8 Å². The second-order valence-electron chi connectivity index (χ2n) is 5.96. The van der Waals surface area contributed by atoms with Gasteiger partial charge in [-0.15, -0.1) is 24.0 Å². The standard InChI is InChI=1S/C17H27N3O3S.HI/c1-3-18-17(20-15-10-12-24(21,22)13-15)19-11-4-5-14-6-8-16(23-2)9-7-14;/h6-9,15H,3-5,10-13H2,1-2H3,(H2,18,19,20);1H. The van der Waals surface area contributed by atoms with Crippen molar-refractivity contribution in [2.24, 2.45) is 4.99 Å². The number of halogens is 1. The molecular weight excluding hydrogens is 453 g/mol. The molecule has 25 heavy (non-hydrogen) atoms. The van der Waals surface area contributed by atoms with Gasteiger partial charge in [0, 0.05) is 19.1 Å². The summed E-state index contributed by atoms with van der Waals surface area (Å²) in [5.74, 6) is 2.03. The fourth-order valence-corrected chi connectivity index (χ4v) is 4.36. The van der Waals surface area contributed by atoms with Gasteiger partial charge in [0.25, 0.3) is 0 Å². The van der Waals surface area contributed by atoms with Gasteiger partial charge in [-0.3, -0.25) is 4.99 Å². The molecule has 0 aromatic heterocycles. The number of aryl methyl sites for hydroxylation is 1. The van der Waals surface area contributed by atoms with Crippen molar-refractivity contribution in [1.82, 2.24) is 10.6 Å². The maximum atomic E-state index is 11.5. The van der Waals surface area contributed by atoms with E-state index in [1.165, 1.54) is 5.56 Å². The van der Waals surface area contributed by atoms with E-state index in [-0.39, 0.29) is 41.5 Å². The van der Waals surface area contributed by atoms with Crippen LogP contribution in [0.1, 0.15) is 25.3 Å². The SMILES string of the molecule is CCNC(=NCCCc1ccc(OC)cc1)NC1CCS(=O)(=O)C1.I. The van der Waals surface area contributed by atoms with Gasteiger partial charge in [0.05, 0.1) is 18.6 Å². The Kier molecular flexibility index (Phi) is 9.55. The van der Waals surface area contributed by atoms with E-state index in [4.69, 9.17) is 4.74 Å². The zero-order valence-corrected chi connectivity index (χ0v) is 18.0. The Morgan fingerprint density at radius 3 is 2.60 bits per heavy atom. The van der Waals surface area contributed by atoms with E-state index in [1.54, 1.807) is 7.11 Å². The van der Waals surface area contributed by atoms with Crippen LogP contribution in [-0.4, -0.2) is 52.1 Å². The third-order valence-corrected chi connectivity index (χ3v) is 5.74. The maximum Gasteiger partial charge on any atom is 0.191 e. The molecule has 1 heterocycles. The molecule has 1 unspecified atom stereocenters. The van der Waals surface area contributed by atoms with E-state index in [9.17, 15) is 8.42 Å². The molecule has 0 aliphatic carbocycles. The molecular formula is C17H28IN3O3S. The van der Waals surface area contributed by atoms with Gasteiger partial charge in [0.2, 0.25) is 0 Å². The smallest absolute Gasteiger partial charge is 0.191 e. The van der Waals surface area contributed by atoms with Crippen molar-refractivity contribution in [3.8, 4) is 5.75 Å².